The third-order valence-electron chi connectivity index (χ3n) is 4.30. The van der Waals surface area contributed by atoms with Crippen LogP contribution in [0.2, 0.25) is 0 Å². The number of urea groups is 2. The van der Waals surface area contributed by atoms with Crippen molar-refractivity contribution in [3.63, 3.8) is 0 Å². The van der Waals surface area contributed by atoms with Gasteiger partial charge >= 0.3 is 12.1 Å². The van der Waals surface area contributed by atoms with Crippen LogP contribution in [-0.2, 0) is 0 Å². The highest BCUT2D eigenvalue weighted by molar-refractivity contribution is 6.02. The van der Waals surface area contributed by atoms with E-state index in [0.717, 1.165) is 0 Å². The summed E-state index contributed by atoms with van der Waals surface area (Å²) < 4.78 is 0. The summed E-state index contributed by atoms with van der Waals surface area (Å²) in [7, 11) is 0. The Kier molecular flexibility index (Phi) is 4.83. The van der Waals surface area contributed by atoms with Gasteiger partial charge in [-0.3, -0.25) is 4.90 Å². The Morgan fingerprint density at radius 3 is 1.65 bits per heavy atom. The molecule has 1 saturated heterocycles. The molecule has 0 spiro atoms. The van der Waals surface area contributed by atoms with Crippen LogP contribution in [-0.4, -0.2) is 58.3 Å². The van der Waals surface area contributed by atoms with Gasteiger partial charge in [-0.15, -0.1) is 0 Å². The average molecular weight is 356 g/mol. The molecule has 0 aliphatic carbocycles. The van der Waals surface area contributed by atoms with Gasteiger partial charge < -0.3 is 25.7 Å². The number of benzene rings is 2. The lowest BCUT2D eigenvalue weighted by molar-refractivity contribution is 0.152. The first-order valence-corrected chi connectivity index (χ1v) is 8.18. The number of hydrogen-bond donors (Lipinski definition) is 3. The van der Waals surface area contributed by atoms with Gasteiger partial charge in [0.25, 0.3) is 0 Å². The molecule has 0 aromatic heterocycles. The maximum Gasteiger partial charge on any atom is 0.329 e. The summed E-state index contributed by atoms with van der Waals surface area (Å²) in [5.74, 6) is -0.167. The van der Waals surface area contributed by atoms with Crippen molar-refractivity contribution in [2.75, 3.05) is 31.1 Å². The van der Waals surface area contributed by atoms with Gasteiger partial charge in [-0.05, 0) is 24.3 Å². The number of aromatic hydroxyl groups is 2. The summed E-state index contributed by atoms with van der Waals surface area (Å²) in [6, 6.07) is 11.9. The molecule has 26 heavy (non-hydrogen) atoms. The number of para-hydroxylation sites is 4. The molecule has 8 nitrogen and oxygen atoms in total. The maximum atomic E-state index is 13.2. The minimum absolute atomic E-state index is 0.0834. The zero-order valence-corrected chi connectivity index (χ0v) is 14.1. The highest BCUT2D eigenvalue weighted by atomic mass is 16.3. The number of carbonyl (C=O) groups excluding carboxylic acids is 2. The van der Waals surface area contributed by atoms with E-state index in [1.807, 2.05) is 0 Å². The third kappa shape index (κ3) is 3.34. The van der Waals surface area contributed by atoms with Crippen LogP contribution >= 0.6 is 0 Å². The summed E-state index contributed by atoms with van der Waals surface area (Å²) in [4.78, 5) is 28.7. The first-order chi connectivity index (χ1) is 12.5. The monoisotopic (exact) mass is 356 g/mol. The summed E-state index contributed by atoms with van der Waals surface area (Å²) in [5.41, 5.74) is 5.80. The van der Waals surface area contributed by atoms with E-state index in [2.05, 4.69) is 0 Å². The van der Waals surface area contributed by atoms with E-state index in [4.69, 9.17) is 5.73 Å². The first-order valence-electron chi connectivity index (χ1n) is 8.18. The predicted molar refractivity (Wildman–Crippen MR) is 96.5 cm³/mol. The molecular formula is C18H20N4O4. The average Bonchev–Trinajstić information content (AvgIpc) is 2.65. The third-order valence-corrected chi connectivity index (χ3v) is 4.30. The highest BCUT2D eigenvalue weighted by Gasteiger charge is 2.30. The van der Waals surface area contributed by atoms with Crippen molar-refractivity contribution in [3.8, 4) is 11.5 Å². The summed E-state index contributed by atoms with van der Waals surface area (Å²) in [6.45, 7) is 1.27. The van der Waals surface area contributed by atoms with Crippen LogP contribution in [0.3, 0.4) is 0 Å². The molecule has 1 aliphatic rings. The largest absolute Gasteiger partial charge is 0.506 e. The molecule has 1 fully saturated rings. The van der Waals surface area contributed by atoms with Crippen molar-refractivity contribution < 1.29 is 19.8 Å². The Bertz CT molecular complexity index is 773. The van der Waals surface area contributed by atoms with Crippen LogP contribution in [0, 0.1) is 0 Å². The minimum atomic E-state index is -0.518. The zero-order chi connectivity index (χ0) is 18.7. The van der Waals surface area contributed by atoms with E-state index in [-0.39, 0.29) is 22.9 Å². The Hall–Kier alpha value is -3.42. The molecular weight excluding hydrogens is 336 g/mol. The number of rotatable bonds is 2. The molecule has 4 amide bonds. The van der Waals surface area contributed by atoms with E-state index >= 15 is 0 Å². The fourth-order valence-corrected chi connectivity index (χ4v) is 2.90. The fraction of sp³-hybridized carbons (Fsp3) is 0.222. The molecule has 0 unspecified atom stereocenters. The van der Waals surface area contributed by atoms with Crippen molar-refractivity contribution in [3.05, 3.63) is 48.5 Å². The van der Waals surface area contributed by atoms with Crippen molar-refractivity contribution in [2.24, 2.45) is 5.73 Å². The van der Waals surface area contributed by atoms with Crippen LogP contribution < -0.4 is 10.6 Å². The van der Waals surface area contributed by atoms with Gasteiger partial charge in [0.15, 0.2) is 0 Å². The minimum Gasteiger partial charge on any atom is -0.506 e. The lowest BCUT2D eigenvalue weighted by Crippen LogP contribution is -2.54. The Balaban J connectivity index is 1.94. The first kappa shape index (κ1) is 17.4. The van der Waals surface area contributed by atoms with E-state index in [1.54, 1.807) is 41.3 Å². The van der Waals surface area contributed by atoms with Crippen molar-refractivity contribution in [1.29, 1.82) is 0 Å². The van der Waals surface area contributed by atoms with Gasteiger partial charge in [-0.1, -0.05) is 24.3 Å². The fourth-order valence-electron chi connectivity index (χ4n) is 2.90. The number of amides is 4. The number of phenolic OH excluding ortho intramolecular Hbond substituents is 2. The number of carbonyl (C=O) groups is 2. The Morgan fingerprint density at radius 1 is 0.808 bits per heavy atom. The van der Waals surface area contributed by atoms with Crippen LogP contribution in [0.5, 0.6) is 11.5 Å². The van der Waals surface area contributed by atoms with Crippen LogP contribution in [0.4, 0.5) is 21.0 Å². The Morgan fingerprint density at radius 2 is 1.23 bits per heavy atom. The molecule has 8 heteroatoms. The van der Waals surface area contributed by atoms with Crippen LogP contribution in [0.15, 0.2) is 48.5 Å². The molecule has 1 heterocycles. The van der Waals surface area contributed by atoms with Crippen LogP contribution in [0.1, 0.15) is 0 Å². The Labute approximate surface area is 150 Å². The number of phenols is 2. The molecule has 0 atom stereocenters. The van der Waals surface area contributed by atoms with Crippen molar-refractivity contribution in [2.45, 2.75) is 0 Å². The molecule has 0 bridgehead atoms. The number of anilines is 2. The standard InChI is InChI=1S/C18H20N4O4/c19-17(25)20-9-11-21(12-10-20)18(26)22(13-5-1-3-7-15(13)23)14-6-2-4-8-16(14)24/h1-8,23-24H,9-12H2,(H2,19,25). The quantitative estimate of drug-likeness (QED) is 0.765. The molecule has 3 rings (SSSR count). The summed E-state index contributed by atoms with van der Waals surface area (Å²) in [6.07, 6.45) is 0. The lowest BCUT2D eigenvalue weighted by Gasteiger charge is -2.37. The number of nitrogens with two attached hydrogens (primary N) is 1. The van der Waals surface area contributed by atoms with Gasteiger partial charge in [0.1, 0.15) is 11.5 Å². The topological polar surface area (TPSA) is 110 Å². The molecule has 0 radical (unpaired) electrons. The van der Waals surface area contributed by atoms with Gasteiger partial charge in [0.05, 0.1) is 11.4 Å². The molecule has 4 N–H and O–H groups in total. The van der Waals surface area contributed by atoms with Gasteiger partial charge in [0.2, 0.25) is 0 Å². The molecule has 2 aromatic rings. The molecule has 0 saturated carbocycles. The normalized spacial score (nSPS) is 14.2. The molecule has 1 aliphatic heterocycles. The second-order valence-electron chi connectivity index (χ2n) is 5.91. The van der Waals surface area contributed by atoms with Gasteiger partial charge in [-0.2, -0.15) is 0 Å². The number of piperazine rings is 1. The highest BCUT2D eigenvalue weighted by Crippen LogP contribution is 2.38. The van der Waals surface area contributed by atoms with E-state index < -0.39 is 12.1 Å². The lowest BCUT2D eigenvalue weighted by atomic mass is 10.2. The van der Waals surface area contributed by atoms with Gasteiger partial charge in [0, 0.05) is 26.2 Å². The van der Waals surface area contributed by atoms with E-state index in [9.17, 15) is 19.8 Å². The van der Waals surface area contributed by atoms with E-state index in [0.29, 0.717) is 26.2 Å². The number of nitrogens with zero attached hydrogens (tertiary/aromatic N) is 3. The predicted octanol–water partition coefficient (Wildman–Crippen LogP) is 2.05. The SMILES string of the molecule is NC(=O)N1CCN(C(=O)N(c2ccccc2O)c2ccccc2O)CC1. The molecule has 2 aromatic carbocycles. The maximum absolute atomic E-state index is 13.2. The van der Waals surface area contributed by atoms with Crippen molar-refractivity contribution in [1.82, 2.24) is 9.80 Å². The second kappa shape index (κ2) is 7.22. The van der Waals surface area contributed by atoms with Crippen molar-refractivity contribution >= 4 is 23.4 Å². The smallest absolute Gasteiger partial charge is 0.329 e. The summed E-state index contributed by atoms with van der Waals surface area (Å²) in [5, 5.41) is 20.5. The van der Waals surface area contributed by atoms with E-state index in [1.165, 1.54) is 21.9 Å². The molecule has 136 valence electrons. The zero-order valence-electron chi connectivity index (χ0n) is 14.1. The number of primary amides is 1. The second-order valence-corrected chi connectivity index (χ2v) is 5.91. The van der Waals surface area contributed by atoms with Crippen LogP contribution in [0.25, 0.3) is 0 Å². The van der Waals surface area contributed by atoms with Gasteiger partial charge in [-0.25, -0.2) is 9.59 Å². The summed E-state index contributed by atoms with van der Waals surface area (Å²) >= 11 is 0. The number of hydrogen-bond acceptors (Lipinski definition) is 4.